The van der Waals surface area contributed by atoms with Crippen LogP contribution in [0.2, 0.25) is 0 Å². The normalized spacial score (nSPS) is 14.5. The van der Waals surface area contributed by atoms with E-state index in [1.807, 2.05) is 0 Å². The van der Waals surface area contributed by atoms with Crippen LogP contribution in [0.25, 0.3) is 0 Å². The Morgan fingerprint density at radius 1 is 1.46 bits per heavy atom. The number of aliphatic carboxylic acids is 1. The Morgan fingerprint density at radius 3 is 2.08 bits per heavy atom. The molecule has 5 nitrogen and oxygen atoms in total. The summed E-state index contributed by atoms with van der Waals surface area (Å²) in [7, 11) is -4.17. The molecular weight excluding hydrogens is 207 g/mol. The Kier molecular flexibility index (Phi) is 6.91. The fraction of sp³-hybridized carbons (Fsp3) is 0.500. The van der Waals surface area contributed by atoms with Gasteiger partial charge in [0.2, 0.25) is 0 Å². The molecule has 1 atom stereocenters. The minimum atomic E-state index is -4.17. The van der Waals surface area contributed by atoms with Crippen LogP contribution in [0, 0.1) is 0 Å². The molecule has 72 valence electrons. The van der Waals surface area contributed by atoms with E-state index in [2.05, 4.69) is 0 Å². The summed E-state index contributed by atoms with van der Waals surface area (Å²) in [5.74, 6) is -1.20. The quantitative estimate of drug-likeness (QED) is 0.383. The number of hydrogen-bond acceptors (Lipinski definition) is 3. The molecule has 1 unspecified atom stereocenters. The topological polar surface area (TPSA) is 91.7 Å². The third-order valence-electron chi connectivity index (χ3n) is 1.29. The van der Waals surface area contributed by atoms with E-state index in [9.17, 15) is 13.2 Å². The van der Waals surface area contributed by atoms with Crippen LogP contribution in [0.1, 0.15) is 13.8 Å². The SMILES string of the molecule is CC(=CC(C)S(=O)(=O)O)C(=O)O.[NaH]. The molecule has 0 bridgehead atoms. The van der Waals surface area contributed by atoms with Crippen LogP contribution < -0.4 is 0 Å². The van der Waals surface area contributed by atoms with Crippen molar-refractivity contribution in [1.82, 2.24) is 0 Å². The summed E-state index contributed by atoms with van der Waals surface area (Å²) in [4.78, 5) is 10.2. The van der Waals surface area contributed by atoms with Crippen LogP contribution >= 0.6 is 0 Å². The molecule has 0 aromatic rings. The Hall–Kier alpha value is 0.120. The second-order valence-corrected chi connectivity index (χ2v) is 4.15. The molecule has 0 spiro atoms. The van der Waals surface area contributed by atoms with Gasteiger partial charge < -0.3 is 5.11 Å². The van der Waals surface area contributed by atoms with Crippen molar-refractivity contribution < 1.29 is 22.9 Å². The molecule has 0 aliphatic heterocycles. The molecule has 0 amide bonds. The van der Waals surface area contributed by atoms with Crippen molar-refractivity contribution in [3.8, 4) is 0 Å². The minimum absolute atomic E-state index is 0. The zero-order valence-electron chi connectivity index (χ0n) is 6.68. The first-order valence-corrected chi connectivity index (χ1v) is 4.63. The van der Waals surface area contributed by atoms with E-state index < -0.39 is 21.3 Å². The first-order valence-electron chi connectivity index (χ1n) is 3.13. The van der Waals surface area contributed by atoms with E-state index in [1.54, 1.807) is 0 Å². The fourth-order valence-corrected chi connectivity index (χ4v) is 0.885. The van der Waals surface area contributed by atoms with Crippen LogP contribution in [0.5, 0.6) is 0 Å². The van der Waals surface area contributed by atoms with E-state index in [0.29, 0.717) is 0 Å². The van der Waals surface area contributed by atoms with E-state index in [0.717, 1.165) is 6.08 Å². The molecule has 0 aliphatic rings. The summed E-state index contributed by atoms with van der Waals surface area (Å²) >= 11 is 0. The molecular formula is C6H11NaO5S. The van der Waals surface area contributed by atoms with Gasteiger partial charge in [0.15, 0.2) is 0 Å². The van der Waals surface area contributed by atoms with Crippen molar-refractivity contribution in [2.24, 2.45) is 0 Å². The van der Waals surface area contributed by atoms with E-state index >= 15 is 0 Å². The molecule has 0 aliphatic carbocycles. The maximum absolute atomic E-state index is 10.4. The van der Waals surface area contributed by atoms with Gasteiger partial charge in [-0.25, -0.2) is 4.79 Å². The van der Waals surface area contributed by atoms with Gasteiger partial charge in [0, 0.05) is 5.57 Å². The average Bonchev–Trinajstić information content (AvgIpc) is 1.85. The molecule has 0 saturated carbocycles. The molecule has 2 N–H and O–H groups in total. The van der Waals surface area contributed by atoms with Crippen molar-refractivity contribution in [3.05, 3.63) is 11.6 Å². The molecule has 0 aromatic carbocycles. The standard InChI is InChI=1S/C6H10O5S.Na.H/c1-4(6(7)8)3-5(2)12(9,10)11;;/h3,5H,1-2H3,(H,7,8)(H,9,10,11);;. The predicted molar refractivity (Wildman–Crippen MR) is 49.6 cm³/mol. The van der Waals surface area contributed by atoms with Crippen LogP contribution in [-0.4, -0.2) is 58.9 Å². The molecule has 13 heavy (non-hydrogen) atoms. The van der Waals surface area contributed by atoms with Gasteiger partial charge in [-0.3, -0.25) is 4.55 Å². The van der Waals surface area contributed by atoms with Crippen LogP contribution in [0.4, 0.5) is 0 Å². The van der Waals surface area contributed by atoms with Gasteiger partial charge >= 0.3 is 35.5 Å². The fourth-order valence-electron chi connectivity index (χ4n) is 0.509. The van der Waals surface area contributed by atoms with Crippen LogP contribution in [0.3, 0.4) is 0 Å². The predicted octanol–water partition coefficient (Wildman–Crippen LogP) is -0.355. The van der Waals surface area contributed by atoms with Gasteiger partial charge in [-0.15, -0.1) is 0 Å². The molecule has 0 aromatic heterocycles. The first kappa shape index (κ1) is 15.6. The third kappa shape index (κ3) is 6.23. The van der Waals surface area contributed by atoms with Crippen molar-refractivity contribution in [3.63, 3.8) is 0 Å². The van der Waals surface area contributed by atoms with Crippen LogP contribution in [0.15, 0.2) is 11.6 Å². The van der Waals surface area contributed by atoms with Crippen molar-refractivity contribution >= 4 is 45.6 Å². The van der Waals surface area contributed by atoms with Crippen molar-refractivity contribution in [2.75, 3.05) is 0 Å². The summed E-state index contributed by atoms with van der Waals surface area (Å²) in [6.07, 6.45) is 0.970. The number of rotatable bonds is 3. The number of carbonyl (C=O) groups is 1. The van der Waals surface area contributed by atoms with Gasteiger partial charge in [-0.2, -0.15) is 8.42 Å². The molecule has 0 heterocycles. The van der Waals surface area contributed by atoms with Gasteiger partial charge in [-0.1, -0.05) is 6.08 Å². The molecule has 0 saturated heterocycles. The van der Waals surface area contributed by atoms with E-state index in [-0.39, 0.29) is 35.1 Å². The summed E-state index contributed by atoms with van der Waals surface area (Å²) in [6.45, 7) is 2.45. The Balaban J connectivity index is 0. The summed E-state index contributed by atoms with van der Waals surface area (Å²) in [6, 6.07) is 0. The number of hydrogen-bond donors (Lipinski definition) is 2. The summed E-state index contributed by atoms with van der Waals surface area (Å²) < 4.78 is 29.3. The Bertz CT molecular complexity index is 305. The summed E-state index contributed by atoms with van der Waals surface area (Å²) in [5, 5.41) is 7.17. The second-order valence-electron chi connectivity index (χ2n) is 2.37. The number of carboxylic acids is 1. The molecule has 0 fully saturated rings. The zero-order valence-corrected chi connectivity index (χ0v) is 7.50. The summed E-state index contributed by atoms with van der Waals surface area (Å²) in [5.41, 5.74) is -0.111. The second kappa shape index (κ2) is 5.77. The average molecular weight is 218 g/mol. The molecule has 7 heteroatoms. The van der Waals surface area contributed by atoms with Crippen molar-refractivity contribution in [2.45, 2.75) is 19.1 Å². The Labute approximate surface area is 98.9 Å². The maximum atomic E-state index is 10.4. The third-order valence-corrected chi connectivity index (χ3v) is 2.37. The molecule has 0 radical (unpaired) electrons. The van der Waals surface area contributed by atoms with Gasteiger partial charge in [0.1, 0.15) is 5.25 Å². The number of carboxylic acid groups (broad SMARTS) is 1. The van der Waals surface area contributed by atoms with E-state index in [4.69, 9.17) is 9.66 Å². The van der Waals surface area contributed by atoms with Gasteiger partial charge in [-0.05, 0) is 13.8 Å². The first-order chi connectivity index (χ1) is 5.25. The van der Waals surface area contributed by atoms with Gasteiger partial charge in [0.25, 0.3) is 10.1 Å². The van der Waals surface area contributed by atoms with Crippen molar-refractivity contribution in [1.29, 1.82) is 0 Å². The molecule has 0 rings (SSSR count). The van der Waals surface area contributed by atoms with Crippen LogP contribution in [-0.2, 0) is 14.9 Å². The Morgan fingerprint density at radius 2 is 1.85 bits per heavy atom. The van der Waals surface area contributed by atoms with Gasteiger partial charge in [0.05, 0.1) is 0 Å². The van der Waals surface area contributed by atoms with E-state index in [1.165, 1.54) is 13.8 Å². The zero-order chi connectivity index (χ0) is 9.94. The monoisotopic (exact) mass is 218 g/mol.